The number of carbonyl (C=O) groups is 1. The molecule has 2 aromatic carbocycles. The fourth-order valence-electron chi connectivity index (χ4n) is 4.00. The summed E-state index contributed by atoms with van der Waals surface area (Å²) in [6.45, 7) is -0.285. The van der Waals surface area contributed by atoms with Crippen molar-refractivity contribution < 1.29 is 14.3 Å². The average Bonchev–Trinajstić information content (AvgIpc) is 2.74. The normalized spacial score (nSPS) is 20.6. The van der Waals surface area contributed by atoms with Crippen molar-refractivity contribution in [3.05, 3.63) is 90.0 Å². The fourth-order valence-corrected chi connectivity index (χ4v) is 4.00. The van der Waals surface area contributed by atoms with Crippen LogP contribution in [0.3, 0.4) is 0 Å². The van der Waals surface area contributed by atoms with Crippen molar-refractivity contribution in [2.75, 3.05) is 6.61 Å². The van der Waals surface area contributed by atoms with Crippen LogP contribution in [0.15, 0.2) is 73.1 Å². The minimum atomic E-state index is -0.741. The van der Waals surface area contributed by atoms with E-state index in [4.69, 9.17) is 0 Å². The Bertz CT molecular complexity index is 1080. The summed E-state index contributed by atoms with van der Waals surface area (Å²) in [5, 5.41) is 19.8. The first-order chi connectivity index (χ1) is 14.2. The van der Waals surface area contributed by atoms with Gasteiger partial charge in [0.15, 0.2) is 0 Å². The van der Waals surface area contributed by atoms with Gasteiger partial charge in [-0.1, -0.05) is 36.4 Å². The maximum atomic E-state index is 13.8. The molecule has 2 heterocycles. The van der Waals surface area contributed by atoms with Gasteiger partial charge in [-0.3, -0.25) is 9.78 Å². The van der Waals surface area contributed by atoms with E-state index >= 15 is 0 Å². The van der Waals surface area contributed by atoms with E-state index in [0.717, 1.165) is 11.1 Å². The van der Waals surface area contributed by atoms with Gasteiger partial charge < -0.3 is 10.0 Å². The molecular formula is C23H18FN3O2. The van der Waals surface area contributed by atoms with Crippen molar-refractivity contribution in [3.8, 4) is 17.2 Å². The number of aliphatic hydroxyl groups is 1. The van der Waals surface area contributed by atoms with Gasteiger partial charge in [0.2, 0.25) is 0 Å². The summed E-state index contributed by atoms with van der Waals surface area (Å²) in [5.74, 6) is -1.08. The summed E-state index contributed by atoms with van der Waals surface area (Å²) < 4.78 is 13.8. The molecule has 1 N–H and O–H groups in total. The van der Waals surface area contributed by atoms with Gasteiger partial charge in [0.25, 0.3) is 5.91 Å². The second-order valence-electron chi connectivity index (χ2n) is 6.90. The van der Waals surface area contributed by atoms with E-state index in [1.54, 1.807) is 30.5 Å². The molecule has 0 spiro atoms. The number of pyridine rings is 1. The largest absolute Gasteiger partial charge is 0.394 e. The first-order valence-corrected chi connectivity index (χ1v) is 9.23. The number of nitrogens with zero attached hydrogens (tertiary/aromatic N) is 3. The van der Waals surface area contributed by atoms with Gasteiger partial charge in [-0.15, -0.1) is 0 Å². The Morgan fingerprint density at radius 1 is 1.17 bits per heavy atom. The summed E-state index contributed by atoms with van der Waals surface area (Å²) in [4.78, 5) is 18.3. The fraction of sp³-hybridized carbons (Fsp3) is 0.174. The molecule has 3 aromatic rings. The smallest absolute Gasteiger partial charge is 0.256 e. The second kappa shape index (κ2) is 7.82. The van der Waals surface area contributed by atoms with Gasteiger partial charge in [-0.2, -0.15) is 5.26 Å². The Kier molecular flexibility index (Phi) is 5.07. The van der Waals surface area contributed by atoms with E-state index < -0.39 is 12.1 Å². The van der Waals surface area contributed by atoms with Gasteiger partial charge in [-0.25, -0.2) is 4.39 Å². The van der Waals surface area contributed by atoms with Crippen LogP contribution in [0.1, 0.15) is 21.8 Å². The van der Waals surface area contributed by atoms with Gasteiger partial charge in [0, 0.05) is 18.3 Å². The molecule has 3 atom stereocenters. The van der Waals surface area contributed by atoms with E-state index in [2.05, 4.69) is 11.1 Å². The van der Waals surface area contributed by atoms with E-state index in [1.165, 1.54) is 23.2 Å². The lowest BCUT2D eigenvalue weighted by Crippen LogP contribution is -2.65. The molecule has 1 aromatic heterocycles. The number of carbonyl (C=O) groups excluding carboxylic acids is 1. The molecule has 0 unspecified atom stereocenters. The molecule has 29 heavy (non-hydrogen) atoms. The van der Waals surface area contributed by atoms with Crippen LogP contribution in [0.5, 0.6) is 0 Å². The predicted molar refractivity (Wildman–Crippen MR) is 105 cm³/mol. The van der Waals surface area contributed by atoms with Crippen LogP contribution in [0.4, 0.5) is 4.39 Å². The van der Waals surface area contributed by atoms with Gasteiger partial charge >= 0.3 is 0 Å². The standard InChI is InChI=1S/C23H18FN3O2/c24-17-7-3-5-15(11-17)18-8-1-2-9-19(18)22-20(12-25)27(21(22)14-28)23(29)16-6-4-10-26-13-16/h1-11,13,20-22,28H,14H2/t20-,21-,22+/m1/s1. The lowest BCUT2D eigenvalue weighted by Gasteiger charge is -2.52. The summed E-state index contributed by atoms with van der Waals surface area (Å²) in [7, 11) is 0. The molecule has 0 radical (unpaired) electrons. The maximum Gasteiger partial charge on any atom is 0.256 e. The minimum Gasteiger partial charge on any atom is -0.394 e. The van der Waals surface area contributed by atoms with Crippen LogP contribution in [-0.4, -0.2) is 39.6 Å². The molecule has 0 saturated carbocycles. The molecule has 5 nitrogen and oxygen atoms in total. The third-order valence-corrected chi connectivity index (χ3v) is 5.33. The topological polar surface area (TPSA) is 77.2 Å². The van der Waals surface area contributed by atoms with E-state index in [9.17, 15) is 19.6 Å². The molecule has 6 heteroatoms. The molecule has 0 aliphatic carbocycles. The highest BCUT2D eigenvalue weighted by molar-refractivity contribution is 5.95. The minimum absolute atomic E-state index is 0.285. The lowest BCUT2D eigenvalue weighted by molar-refractivity contribution is -0.00574. The quantitative estimate of drug-likeness (QED) is 0.745. The molecule has 1 fully saturated rings. The molecule has 4 rings (SSSR count). The van der Waals surface area contributed by atoms with Crippen molar-refractivity contribution in [3.63, 3.8) is 0 Å². The van der Waals surface area contributed by atoms with Crippen molar-refractivity contribution in [1.29, 1.82) is 5.26 Å². The zero-order valence-corrected chi connectivity index (χ0v) is 15.4. The van der Waals surface area contributed by atoms with Crippen LogP contribution >= 0.6 is 0 Å². The Morgan fingerprint density at radius 2 is 2.00 bits per heavy atom. The van der Waals surface area contributed by atoms with Crippen molar-refractivity contribution in [2.24, 2.45) is 0 Å². The van der Waals surface area contributed by atoms with Crippen LogP contribution < -0.4 is 0 Å². The zero-order valence-electron chi connectivity index (χ0n) is 15.4. The van der Waals surface area contributed by atoms with Crippen molar-refractivity contribution in [2.45, 2.75) is 18.0 Å². The summed E-state index contributed by atoms with van der Waals surface area (Å²) in [6.07, 6.45) is 3.01. The van der Waals surface area contributed by atoms with Crippen molar-refractivity contribution in [1.82, 2.24) is 9.88 Å². The molecule has 144 valence electrons. The number of nitriles is 1. The Hall–Kier alpha value is -3.56. The van der Waals surface area contributed by atoms with Crippen LogP contribution in [0, 0.1) is 17.1 Å². The molecule has 1 saturated heterocycles. The maximum absolute atomic E-state index is 13.8. The summed E-state index contributed by atoms with van der Waals surface area (Å²) >= 11 is 0. The Balaban J connectivity index is 1.73. The van der Waals surface area contributed by atoms with Crippen LogP contribution in [-0.2, 0) is 0 Å². The lowest BCUT2D eigenvalue weighted by atomic mass is 9.73. The van der Waals surface area contributed by atoms with Gasteiger partial charge in [0.05, 0.1) is 24.3 Å². The predicted octanol–water partition coefficient (Wildman–Crippen LogP) is 3.38. The van der Waals surface area contributed by atoms with Gasteiger partial charge in [0.1, 0.15) is 11.9 Å². The monoisotopic (exact) mass is 387 g/mol. The molecule has 1 aliphatic rings. The van der Waals surface area contributed by atoms with Crippen LogP contribution in [0.2, 0.25) is 0 Å². The first kappa shape index (κ1) is 18.8. The van der Waals surface area contributed by atoms with Crippen molar-refractivity contribution >= 4 is 5.91 Å². The Labute approximate surface area is 167 Å². The number of aromatic nitrogens is 1. The zero-order chi connectivity index (χ0) is 20.4. The summed E-state index contributed by atoms with van der Waals surface area (Å²) in [6, 6.07) is 17.8. The number of halogens is 1. The molecule has 0 bridgehead atoms. The number of aliphatic hydroxyl groups excluding tert-OH is 1. The first-order valence-electron chi connectivity index (χ1n) is 9.23. The third kappa shape index (κ3) is 3.26. The number of rotatable bonds is 4. The number of hydrogen-bond acceptors (Lipinski definition) is 4. The third-order valence-electron chi connectivity index (χ3n) is 5.33. The number of amides is 1. The highest BCUT2D eigenvalue weighted by Crippen LogP contribution is 2.44. The number of likely N-dealkylation sites (tertiary alicyclic amines) is 1. The van der Waals surface area contributed by atoms with E-state index in [0.29, 0.717) is 11.1 Å². The van der Waals surface area contributed by atoms with E-state index in [-0.39, 0.29) is 24.2 Å². The van der Waals surface area contributed by atoms with Crippen LogP contribution in [0.25, 0.3) is 11.1 Å². The molecule has 1 amide bonds. The highest BCUT2D eigenvalue weighted by atomic mass is 19.1. The SMILES string of the molecule is N#C[C@@H]1[C@H](c2ccccc2-c2cccc(F)c2)[C@@H](CO)N1C(=O)c1cccnc1. The number of benzene rings is 2. The Morgan fingerprint density at radius 3 is 2.69 bits per heavy atom. The second-order valence-corrected chi connectivity index (χ2v) is 6.90. The van der Waals surface area contributed by atoms with E-state index in [1.807, 2.05) is 24.3 Å². The van der Waals surface area contributed by atoms with Gasteiger partial charge in [-0.05, 0) is 41.0 Å². The molecule has 1 aliphatic heterocycles. The average molecular weight is 387 g/mol. The summed E-state index contributed by atoms with van der Waals surface area (Å²) in [5.41, 5.74) is 2.64. The highest BCUT2D eigenvalue weighted by Gasteiger charge is 2.52. The number of hydrogen-bond donors (Lipinski definition) is 1. The molecular weight excluding hydrogens is 369 g/mol.